The SMILES string of the molecule is O=C(COc1ccc2c(c1)CCC(=O)N2)N=Nc1c(O)[nH]c2ccc(F)cc12. The number of aromatic hydroxyl groups is 1. The van der Waals surface area contributed by atoms with E-state index in [1.54, 1.807) is 18.2 Å². The number of azo groups is 1. The molecule has 0 radical (unpaired) electrons. The molecule has 0 spiro atoms. The van der Waals surface area contributed by atoms with Crippen molar-refractivity contribution in [2.45, 2.75) is 12.8 Å². The lowest BCUT2D eigenvalue weighted by Gasteiger charge is -2.17. The van der Waals surface area contributed by atoms with E-state index in [1.807, 2.05) is 0 Å². The van der Waals surface area contributed by atoms with Crippen molar-refractivity contribution in [2.24, 2.45) is 10.2 Å². The van der Waals surface area contributed by atoms with E-state index >= 15 is 0 Å². The minimum atomic E-state index is -0.670. The number of nitrogens with one attached hydrogen (secondary N) is 2. The van der Waals surface area contributed by atoms with Crippen LogP contribution in [0.25, 0.3) is 10.9 Å². The van der Waals surface area contributed by atoms with Gasteiger partial charge in [0, 0.05) is 17.5 Å². The Kier molecular flexibility index (Phi) is 4.48. The normalized spacial score (nSPS) is 13.5. The van der Waals surface area contributed by atoms with Gasteiger partial charge in [0.25, 0.3) is 0 Å². The molecule has 2 amide bonds. The number of carbonyl (C=O) groups is 2. The van der Waals surface area contributed by atoms with Gasteiger partial charge in [0.15, 0.2) is 12.3 Å². The summed E-state index contributed by atoms with van der Waals surface area (Å²) in [5, 5.41) is 20.2. The number of rotatable bonds is 4. The summed E-state index contributed by atoms with van der Waals surface area (Å²) in [4.78, 5) is 25.9. The van der Waals surface area contributed by atoms with Crippen LogP contribution < -0.4 is 10.1 Å². The molecule has 8 nitrogen and oxygen atoms in total. The number of ether oxygens (including phenoxy) is 1. The molecule has 0 atom stereocenters. The molecule has 3 aromatic rings. The number of benzene rings is 2. The molecule has 3 N–H and O–H groups in total. The van der Waals surface area contributed by atoms with Crippen LogP contribution in [0.3, 0.4) is 0 Å². The van der Waals surface area contributed by atoms with Gasteiger partial charge < -0.3 is 20.1 Å². The van der Waals surface area contributed by atoms with Crippen molar-refractivity contribution < 1.29 is 23.8 Å². The van der Waals surface area contributed by atoms with Gasteiger partial charge in [0.2, 0.25) is 11.8 Å². The van der Waals surface area contributed by atoms with Crippen molar-refractivity contribution in [1.29, 1.82) is 0 Å². The molecule has 2 heterocycles. The number of aryl methyl sites for hydroxylation is 1. The summed E-state index contributed by atoms with van der Waals surface area (Å²) in [6, 6.07) is 8.99. The Morgan fingerprint density at radius 3 is 2.93 bits per heavy atom. The molecule has 28 heavy (non-hydrogen) atoms. The summed E-state index contributed by atoms with van der Waals surface area (Å²) >= 11 is 0. The number of aromatic amines is 1. The van der Waals surface area contributed by atoms with E-state index in [-0.39, 0.29) is 24.1 Å². The molecule has 142 valence electrons. The van der Waals surface area contributed by atoms with Crippen molar-refractivity contribution >= 4 is 34.1 Å². The van der Waals surface area contributed by atoms with E-state index in [1.165, 1.54) is 18.2 Å². The number of hydrogen-bond acceptors (Lipinski definition) is 5. The zero-order valence-electron chi connectivity index (χ0n) is 14.5. The van der Waals surface area contributed by atoms with Crippen LogP contribution in [-0.2, 0) is 16.0 Å². The van der Waals surface area contributed by atoms with E-state index in [4.69, 9.17) is 4.74 Å². The van der Waals surface area contributed by atoms with Gasteiger partial charge in [-0.2, -0.15) is 0 Å². The highest BCUT2D eigenvalue weighted by atomic mass is 19.1. The maximum Gasteiger partial charge on any atom is 0.302 e. The van der Waals surface area contributed by atoms with Crippen LogP contribution in [0.15, 0.2) is 46.6 Å². The van der Waals surface area contributed by atoms with Crippen LogP contribution >= 0.6 is 0 Å². The Morgan fingerprint density at radius 1 is 1.21 bits per heavy atom. The topological polar surface area (TPSA) is 116 Å². The lowest BCUT2D eigenvalue weighted by molar-refractivity contribution is -0.120. The van der Waals surface area contributed by atoms with Crippen LogP contribution in [0.1, 0.15) is 12.0 Å². The lowest BCUT2D eigenvalue weighted by Crippen LogP contribution is -2.19. The van der Waals surface area contributed by atoms with Gasteiger partial charge >= 0.3 is 5.91 Å². The Bertz CT molecular complexity index is 1120. The largest absolute Gasteiger partial charge is 0.493 e. The molecule has 1 aliphatic rings. The Balaban J connectivity index is 1.43. The molecular weight excluding hydrogens is 367 g/mol. The van der Waals surface area contributed by atoms with Gasteiger partial charge in [-0.25, -0.2) is 4.39 Å². The number of amides is 2. The fourth-order valence-electron chi connectivity index (χ4n) is 2.97. The van der Waals surface area contributed by atoms with Crippen molar-refractivity contribution in [3.63, 3.8) is 0 Å². The zero-order valence-corrected chi connectivity index (χ0v) is 14.5. The average molecular weight is 382 g/mol. The minimum Gasteiger partial charge on any atom is -0.493 e. The average Bonchev–Trinajstić information content (AvgIpc) is 2.99. The molecule has 0 fully saturated rings. The predicted octanol–water partition coefficient (Wildman–Crippen LogP) is 3.59. The van der Waals surface area contributed by atoms with Crippen LogP contribution in [0.5, 0.6) is 11.6 Å². The molecule has 9 heteroatoms. The number of aromatic nitrogens is 1. The number of nitrogens with zero attached hydrogens (tertiary/aromatic N) is 2. The van der Waals surface area contributed by atoms with Crippen LogP contribution in [0.2, 0.25) is 0 Å². The molecule has 4 rings (SSSR count). The maximum atomic E-state index is 13.4. The highest BCUT2D eigenvalue weighted by molar-refractivity contribution is 5.95. The molecule has 1 aromatic heterocycles. The smallest absolute Gasteiger partial charge is 0.302 e. The van der Waals surface area contributed by atoms with Gasteiger partial charge in [0.1, 0.15) is 11.6 Å². The molecule has 0 bridgehead atoms. The van der Waals surface area contributed by atoms with Crippen molar-refractivity contribution in [3.8, 4) is 11.6 Å². The maximum absolute atomic E-state index is 13.4. The standard InChI is InChI=1S/C19H15FN4O4/c20-11-2-4-15-13(8-11)18(19(27)22-15)24-23-17(26)9-28-12-3-5-14-10(7-12)1-6-16(25)21-14/h2-5,7-8,22,27H,1,6,9H2,(H,21,25). The quantitative estimate of drug-likeness (QED) is 0.598. The third-order valence-electron chi connectivity index (χ3n) is 4.31. The molecule has 2 aromatic carbocycles. The summed E-state index contributed by atoms with van der Waals surface area (Å²) in [6.45, 7) is -0.355. The predicted molar refractivity (Wildman–Crippen MR) is 98.3 cm³/mol. The first kappa shape index (κ1) is 17.7. The second-order valence-corrected chi connectivity index (χ2v) is 6.26. The van der Waals surface area contributed by atoms with Crippen LogP contribution in [0, 0.1) is 5.82 Å². The minimum absolute atomic E-state index is 0.0210. The molecule has 0 saturated carbocycles. The van der Waals surface area contributed by atoms with E-state index < -0.39 is 11.7 Å². The molecule has 0 unspecified atom stereocenters. The number of anilines is 1. The first-order chi connectivity index (χ1) is 13.5. The highest BCUT2D eigenvalue weighted by Gasteiger charge is 2.16. The summed E-state index contributed by atoms with van der Waals surface area (Å²) in [5.41, 5.74) is 2.11. The number of H-pyrrole nitrogens is 1. The number of carbonyl (C=O) groups excluding carboxylic acids is 2. The summed E-state index contributed by atoms with van der Waals surface area (Å²) < 4.78 is 18.8. The monoisotopic (exact) mass is 382 g/mol. The third-order valence-corrected chi connectivity index (χ3v) is 4.31. The lowest BCUT2D eigenvalue weighted by atomic mass is 10.0. The number of halogens is 1. The van der Waals surface area contributed by atoms with Crippen LogP contribution in [-0.4, -0.2) is 28.5 Å². The summed E-state index contributed by atoms with van der Waals surface area (Å²) in [5.74, 6) is -1.04. The van der Waals surface area contributed by atoms with Crippen molar-refractivity contribution in [1.82, 2.24) is 4.98 Å². The summed E-state index contributed by atoms with van der Waals surface area (Å²) in [7, 11) is 0. The van der Waals surface area contributed by atoms with E-state index in [2.05, 4.69) is 20.5 Å². The Morgan fingerprint density at radius 2 is 2.07 bits per heavy atom. The fraction of sp³-hybridized carbons (Fsp3) is 0.158. The van der Waals surface area contributed by atoms with Gasteiger partial charge in [-0.05, 0) is 48.4 Å². The van der Waals surface area contributed by atoms with Crippen molar-refractivity contribution in [2.75, 3.05) is 11.9 Å². The zero-order chi connectivity index (χ0) is 19.7. The highest BCUT2D eigenvalue weighted by Crippen LogP contribution is 2.35. The molecule has 0 saturated heterocycles. The van der Waals surface area contributed by atoms with Crippen LogP contribution in [0.4, 0.5) is 15.8 Å². The first-order valence-corrected chi connectivity index (χ1v) is 8.50. The fourth-order valence-corrected chi connectivity index (χ4v) is 2.97. The Labute approximate surface area is 158 Å². The van der Waals surface area contributed by atoms with E-state index in [0.29, 0.717) is 29.5 Å². The second kappa shape index (κ2) is 7.10. The van der Waals surface area contributed by atoms with Gasteiger partial charge in [-0.3, -0.25) is 9.59 Å². The second-order valence-electron chi connectivity index (χ2n) is 6.26. The molecule has 0 aliphatic carbocycles. The van der Waals surface area contributed by atoms with Gasteiger partial charge in [-0.1, -0.05) is 0 Å². The van der Waals surface area contributed by atoms with Gasteiger partial charge in [0.05, 0.1) is 5.52 Å². The first-order valence-electron chi connectivity index (χ1n) is 8.50. The van der Waals surface area contributed by atoms with E-state index in [9.17, 15) is 19.1 Å². The van der Waals surface area contributed by atoms with Gasteiger partial charge in [-0.15, -0.1) is 10.2 Å². The molecule has 1 aliphatic heterocycles. The summed E-state index contributed by atoms with van der Waals surface area (Å²) in [6.07, 6.45) is 1.00. The number of fused-ring (bicyclic) bond motifs is 2. The Hall–Kier alpha value is -3.75. The van der Waals surface area contributed by atoms with Crippen molar-refractivity contribution in [3.05, 3.63) is 47.8 Å². The third kappa shape index (κ3) is 3.54. The molecular formula is C19H15FN4O4. The number of hydrogen-bond donors (Lipinski definition) is 3. The van der Waals surface area contributed by atoms with E-state index in [0.717, 1.165) is 11.3 Å².